The van der Waals surface area contributed by atoms with E-state index in [0.29, 0.717) is 12.1 Å². The minimum atomic E-state index is -0.455. The second kappa shape index (κ2) is 4.76. The molecule has 100 valence electrons. The van der Waals surface area contributed by atoms with Crippen LogP contribution in [-0.4, -0.2) is 16.1 Å². The number of carbonyl (C=O) groups is 1. The van der Waals surface area contributed by atoms with Crippen LogP contribution < -0.4 is 5.73 Å². The van der Waals surface area contributed by atoms with Gasteiger partial charge in [-0.15, -0.1) is 0 Å². The Balaban J connectivity index is 2.33. The highest BCUT2D eigenvalue weighted by atomic mass is 16.6. The lowest BCUT2D eigenvalue weighted by molar-refractivity contribution is 0.00679. The van der Waals surface area contributed by atoms with Gasteiger partial charge in [0.1, 0.15) is 5.60 Å². The van der Waals surface area contributed by atoms with E-state index in [1.807, 2.05) is 26.8 Å². The van der Waals surface area contributed by atoms with Gasteiger partial charge in [-0.1, -0.05) is 0 Å². The number of hydrogen-bond acceptors (Lipinski definition) is 3. The standard InChI is InChI=1S/C14H22N2O2/c1-14(2,3)18-13(17)11-8-10(9-15)16-7-5-4-6-12(11)16/h8H,4-7,9,15H2,1-3H3. The lowest BCUT2D eigenvalue weighted by Gasteiger charge is -2.21. The lowest BCUT2D eigenvalue weighted by Crippen LogP contribution is -2.25. The number of ether oxygens (including phenoxy) is 1. The molecule has 0 fully saturated rings. The fraction of sp³-hybridized carbons (Fsp3) is 0.643. The number of aromatic nitrogens is 1. The van der Waals surface area contributed by atoms with Crippen LogP contribution in [0.4, 0.5) is 0 Å². The molecule has 18 heavy (non-hydrogen) atoms. The molecule has 2 heterocycles. The van der Waals surface area contributed by atoms with E-state index < -0.39 is 5.60 Å². The third-order valence-electron chi connectivity index (χ3n) is 3.17. The fourth-order valence-electron chi connectivity index (χ4n) is 2.44. The van der Waals surface area contributed by atoms with Crippen LogP contribution in [0.15, 0.2) is 6.07 Å². The van der Waals surface area contributed by atoms with Crippen molar-refractivity contribution in [1.82, 2.24) is 4.57 Å². The molecule has 0 atom stereocenters. The van der Waals surface area contributed by atoms with Crippen LogP contribution in [0.5, 0.6) is 0 Å². The molecule has 0 bridgehead atoms. The first-order chi connectivity index (χ1) is 8.42. The smallest absolute Gasteiger partial charge is 0.340 e. The van der Waals surface area contributed by atoms with Gasteiger partial charge in [-0.3, -0.25) is 0 Å². The van der Waals surface area contributed by atoms with Gasteiger partial charge < -0.3 is 15.0 Å². The largest absolute Gasteiger partial charge is 0.456 e. The Morgan fingerprint density at radius 1 is 1.44 bits per heavy atom. The van der Waals surface area contributed by atoms with Crippen LogP contribution >= 0.6 is 0 Å². The summed E-state index contributed by atoms with van der Waals surface area (Å²) in [6, 6.07) is 1.90. The van der Waals surface area contributed by atoms with E-state index in [2.05, 4.69) is 4.57 Å². The van der Waals surface area contributed by atoms with Crippen LogP contribution in [-0.2, 0) is 24.2 Å². The molecule has 1 aromatic heterocycles. The van der Waals surface area contributed by atoms with E-state index in [-0.39, 0.29) is 5.97 Å². The van der Waals surface area contributed by atoms with Gasteiger partial charge in [0.2, 0.25) is 0 Å². The van der Waals surface area contributed by atoms with Gasteiger partial charge in [-0.25, -0.2) is 4.79 Å². The first-order valence-electron chi connectivity index (χ1n) is 6.57. The molecule has 4 nitrogen and oxygen atoms in total. The Bertz CT molecular complexity index is 455. The summed E-state index contributed by atoms with van der Waals surface area (Å²) in [5.74, 6) is -0.229. The summed E-state index contributed by atoms with van der Waals surface area (Å²) in [7, 11) is 0. The van der Waals surface area contributed by atoms with Crippen molar-refractivity contribution >= 4 is 5.97 Å². The maximum atomic E-state index is 12.2. The Hall–Kier alpha value is -1.29. The predicted octanol–water partition coefficient (Wildman–Crippen LogP) is 2.24. The van der Waals surface area contributed by atoms with Crippen LogP contribution in [0, 0.1) is 0 Å². The highest BCUT2D eigenvalue weighted by Gasteiger charge is 2.25. The molecule has 0 aliphatic carbocycles. The molecule has 4 heteroatoms. The maximum absolute atomic E-state index is 12.2. The van der Waals surface area contributed by atoms with Gasteiger partial charge in [0.15, 0.2) is 0 Å². The minimum absolute atomic E-state index is 0.229. The summed E-state index contributed by atoms with van der Waals surface area (Å²) in [4.78, 5) is 12.2. The molecule has 0 saturated heterocycles. The SMILES string of the molecule is CC(C)(C)OC(=O)c1cc(CN)n2c1CCCC2. The molecule has 0 radical (unpaired) electrons. The number of nitrogens with two attached hydrogens (primary N) is 1. The van der Waals surface area contributed by atoms with Crippen LogP contribution in [0.1, 0.15) is 55.4 Å². The summed E-state index contributed by atoms with van der Waals surface area (Å²) < 4.78 is 7.64. The maximum Gasteiger partial charge on any atom is 0.340 e. The molecule has 0 unspecified atom stereocenters. The predicted molar refractivity (Wildman–Crippen MR) is 70.4 cm³/mol. The average Bonchev–Trinajstić information content (AvgIpc) is 2.65. The van der Waals surface area contributed by atoms with Gasteiger partial charge in [0.25, 0.3) is 0 Å². The van der Waals surface area contributed by atoms with E-state index in [9.17, 15) is 4.79 Å². The number of nitrogens with zero attached hydrogens (tertiary/aromatic N) is 1. The van der Waals surface area contributed by atoms with Crippen molar-refractivity contribution in [3.8, 4) is 0 Å². The van der Waals surface area contributed by atoms with E-state index in [0.717, 1.165) is 37.2 Å². The number of esters is 1. The summed E-state index contributed by atoms with van der Waals surface area (Å²) in [5.41, 5.74) is 8.11. The highest BCUT2D eigenvalue weighted by Crippen LogP contribution is 2.25. The van der Waals surface area contributed by atoms with E-state index in [4.69, 9.17) is 10.5 Å². The van der Waals surface area contributed by atoms with Gasteiger partial charge in [0.05, 0.1) is 5.56 Å². The van der Waals surface area contributed by atoms with E-state index in [1.165, 1.54) is 0 Å². The molecule has 0 amide bonds. The molecule has 1 aliphatic heterocycles. The Morgan fingerprint density at radius 2 is 2.17 bits per heavy atom. The molecule has 2 rings (SSSR count). The number of fused-ring (bicyclic) bond motifs is 1. The zero-order valence-electron chi connectivity index (χ0n) is 11.5. The molecule has 1 aliphatic rings. The van der Waals surface area contributed by atoms with Crippen molar-refractivity contribution in [3.63, 3.8) is 0 Å². The second-order valence-corrected chi connectivity index (χ2v) is 5.81. The van der Waals surface area contributed by atoms with Crippen molar-refractivity contribution in [3.05, 3.63) is 23.0 Å². The zero-order valence-corrected chi connectivity index (χ0v) is 11.5. The molecule has 0 saturated carbocycles. The summed E-state index contributed by atoms with van der Waals surface area (Å²) in [5, 5.41) is 0. The third kappa shape index (κ3) is 2.58. The van der Waals surface area contributed by atoms with E-state index >= 15 is 0 Å². The van der Waals surface area contributed by atoms with Crippen LogP contribution in [0.3, 0.4) is 0 Å². The van der Waals surface area contributed by atoms with Crippen molar-refractivity contribution < 1.29 is 9.53 Å². The quantitative estimate of drug-likeness (QED) is 0.819. The Kier molecular flexibility index (Phi) is 3.48. The van der Waals surface area contributed by atoms with E-state index in [1.54, 1.807) is 0 Å². The number of rotatable bonds is 2. The first kappa shape index (κ1) is 13.1. The minimum Gasteiger partial charge on any atom is -0.456 e. The fourth-order valence-corrected chi connectivity index (χ4v) is 2.44. The lowest BCUT2D eigenvalue weighted by atomic mass is 10.1. The first-order valence-corrected chi connectivity index (χ1v) is 6.57. The van der Waals surface area contributed by atoms with Crippen molar-refractivity contribution in [1.29, 1.82) is 0 Å². The molecule has 1 aromatic rings. The van der Waals surface area contributed by atoms with Gasteiger partial charge in [0, 0.05) is 24.5 Å². The van der Waals surface area contributed by atoms with Gasteiger partial charge >= 0.3 is 5.97 Å². The number of hydrogen-bond donors (Lipinski definition) is 1. The molecule has 2 N–H and O–H groups in total. The number of carbonyl (C=O) groups excluding carboxylic acids is 1. The molecule has 0 spiro atoms. The summed E-state index contributed by atoms with van der Waals surface area (Å²) in [6.45, 7) is 7.09. The van der Waals surface area contributed by atoms with Crippen molar-refractivity contribution in [2.75, 3.05) is 0 Å². The summed E-state index contributed by atoms with van der Waals surface area (Å²) in [6.07, 6.45) is 3.22. The molecular weight excluding hydrogens is 228 g/mol. The summed E-state index contributed by atoms with van der Waals surface area (Å²) >= 11 is 0. The zero-order chi connectivity index (χ0) is 13.3. The molecular formula is C14H22N2O2. The monoisotopic (exact) mass is 250 g/mol. The second-order valence-electron chi connectivity index (χ2n) is 5.81. The third-order valence-corrected chi connectivity index (χ3v) is 3.17. The highest BCUT2D eigenvalue weighted by molar-refractivity contribution is 5.91. The van der Waals surface area contributed by atoms with Crippen molar-refractivity contribution in [2.45, 2.75) is 58.7 Å². The van der Waals surface area contributed by atoms with Crippen LogP contribution in [0.2, 0.25) is 0 Å². The normalized spacial score (nSPS) is 15.3. The van der Waals surface area contributed by atoms with Crippen molar-refractivity contribution in [2.24, 2.45) is 5.73 Å². The Morgan fingerprint density at radius 3 is 2.78 bits per heavy atom. The topological polar surface area (TPSA) is 57.2 Å². The average molecular weight is 250 g/mol. The Labute approximate surface area is 108 Å². The van der Waals surface area contributed by atoms with Crippen LogP contribution in [0.25, 0.3) is 0 Å². The van der Waals surface area contributed by atoms with Gasteiger partial charge in [-0.05, 0) is 46.1 Å². The van der Waals surface area contributed by atoms with Gasteiger partial charge in [-0.2, -0.15) is 0 Å². The molecule has 0 aromatic carbocycles.